The number of benzene rings is 1. The first kappa shape index (κ1) is 24.7. The number of Topliss-reactive ketones (excluding diaryl/α,β-unsaturated/α-hetero) is 1. The van der Waals surface area contributed by atoms with Gasteiger partial charge in [0.15, 0.2) is 11.5 Å². The number of rotatable bonds is 8. The molecule has 0 radical (unpaired) electrons. The molecule has 1 aliphatic heterocycles. The zero-order valence-corrected chi connectivity index (χ0v) is 19.6. The molecular weight excluding hydrogens is 402 g/mol. The Labute approximate surface area is 184 Å². The van der Waals surface area contributed by atoms with E-state index in [1.807, 2.05) is 26.0 Å². The molecule has 1 saturated heterocycles. The van der Waals surface area contributed by atoms with Crippen molar-refractivity contribution < 1.29 is 37.8 Å². The average Bonchev–Trinajstić information content (AvgIpc) is 3.22. The summed E-state index contributed by atoms with van der Waals surface area (Å²) >= 11 is 0. The number of amides is 1. The Kier molecular flexibility index (Phi) is 7.70. The first-order valence-electron chi connectivity index (χ1n) is 10.6. The van der Waals surface area contributed by atoms with E-state index in [4.69, 9.17) is 18.9 Å². The van der Waals surface area contributed by atoms with Crippen molar-refractivity contribution in [3.63, 3.8) is 0 Å². The van der Waals surface area contributed by atoms with Gasteiger partial charge in [-0.15, -0.1) is 0 Å². The number of carbonyl (C=O) groups excluding carboxylic acids is 3. The first-order chi connectivity index (χ1) is 14.6. The van der Waals surface area contributed by atoms with Gasteiger partial charge in [0.05, 0.1) is 34.4 Å². The Morgan fingerprint density at radius 3 is 2.06 bits per heavy atom. The third-order valence-electron chi connectivity index (χ3n) is 6.50. The number of methoxy groups -OCH3 is 3. The van der Waals surface area contributed by atoms with Gasteiger partial charge in [-0.05, 0) is 25.5 Å². The van der Waals surface area contributed by atoms with Crippen LogP contribution in [0.2, 0.25) is 0 Å². The van der Waals surface area contributed by atoms with Gasteiger partial charge in [0.25, 0.3) is 0 Å². The molecule has 2 atom stereocenters. The maximum atomic E-state index is 13.2. The summed E-state index contributed by atoms with van der Waals surface area (Å²) in [7, 11) is 4.59. The molecule has 0 spiro atoms. The van der Waals surface area contributed by atoms with Crippen molar-refractivity contribution in [2.24, 2.45) is 5.41 Å². The normalized spacial score (nSPS) is 20.8. The molecule has 1 unspecified atom stereocenters. The van der Waals surface area contributed by atoms with Gasteiger partial charge in [-0.3, -0.25) is 4.79 Å². The third kappa shape index (κ3) is 4.54. The minimum Gasteiger partial charge on any atom is -0.493 e. The predicted octanol–water partition coefficient (Wildman–Crippen LogP) is 4.05. The second-order valence-corrected chi connectivity index (χ2v) is 8.41. The number of esters is 1. The lowest BCUT2D eigenvalue weighted by Crippen LogP contribution is -2.53. The van der Waals surface area contributed by atoms with E-state index in [0.717, 1.165) is 12.0 Å². The highest BCUT2D eigenvalue weighted by Gasteiger charge is 2.51. The van der Waals surface area contributed by atoms with Gasteiger partial charge in [0.1, 0.15) is 6.04 Å². The molecule has 0 N–H and O–H groups in total. The molecule has 1 aromatic carbocycles. The van der Waals surface area contributed by atoms with E-state index >= 15 is 0 Å². The first-order valence-corrected chi connectivity index (χ1v) is 10.6. The average molecular weight is 437 g/mol. The fraction of sp³-hybridized carbons (Fsp3) is 0.609. The summed E-state index contributed by atoms with van der Waals surface area (Å²) < 4.78 is 21.4. The number of hydrogen-bond acceptors (Lipinski definition) is 7. The molecule has 1 heterocycles. The topological polar surface area (TPSA) is 88.1 Å². The largest absolute Gasteiger partial charge is 0.524 e. The standard InChI is InChI=1S/C23H34NO7/c1-8-23(3,4)20(25)21(26)31-22(27)24(9-2)12-10-11-16(24)15-13-17(28-5)19(30-7)18(14-15)29-6/h13-14,16H,8-12H2,1-7H3/q+1/t16-,24?/m0/s1. The summed E-state index contributed by atoms with van der Waals surface area (Å²) in [4.78, 5) is 38.1. The van der Waals surface area contributed by atoms with E-state index in [1.165, 1.54) is 21.3 Å². The fourth-order valence-corrected chi connectivity index (χ4v) is 4.10. The zero-order valence-electron chi connectivity index (χ0n) is 19.6. The molecule has 31 heavy (non-hydrogen) atoms. The molecule has 1 aliphatic rings. The summed E-state index contributed by atoms with van der Waals surface area (Å²) in [5.41, 5.74) is -0.0614. The van der Waals surface area contributed by atoms with Crippen LogP contribution in [-0.4, -0.2) is 56.7 Å². The Bertz CT molecular complexity index is 823. The Hall–Kier alpha value is -2.61. The molecule has 8 nitrogen and oxygen atoms in total. The molecule has 172 valence electrons. The van der Waals surface area contributed by atoms with E-state index in [-0.39, 0.29) is 10.5 Å². The maximum absolute atomic E-state index is 13.2. The molecular formula is C23H34NO7+. The lowest BCUT2D eigenvalue weighted by Gasteiger charge is -2.35. The number of ketones is 1. The Morgan fingerprint density at radius 1 is 1.03 bits per heavy atom. The molecule has 1 aromatic rings. The summed E-state index contributed by atoms with van der Waals surface area (Å²) in [6, 6.07) is 3.37. The van der Waals surface area contributed by atoms with Crippen LogP contribution in [0.4, 0.5) is 4.79 Å². The van der Waals surface area contributed by atoms with Crippen LogP contribution in [0.5, 0.6) is 17.2 Å². The molecule has 0 saturated carbocycles. The van der Waals surface area contributed by atoms with Gasteiger partial charge in [-0.25, -0.2) is 9.28 Å². The highest BCUT2D eigenvalue weighted by molar-refractivity contribution is 6.36. The lowest BCUT2D eigenvalue weighted by molar-refractivity contribution is -0.872. The molecule has 1 amide bonds. The highest BCUT2D eigenvalue weighted by atomic mass is 16.6. The van der Waals surface area contributed by atoms with E-state index in [1.54, 1.807) is 13.8 Å². The summed E-state index contributed by atoms with van der Waals surface area (Å²) in [5.74, 6) is -0.351. The quantitative estimate of drug-likeness (QED) is 0.263. The number of ether oxygens (including phenoxy) is 4. The van der Waals surface area contributed by atoms with Gasteiger partial charge in [-0.2, -0.15) is 4.79 Å². The number of quaternary nitrogens is 1. The second kappa shape index (κ2) is 9.68. The summed E-state index contributed by atoms with van der Waals surface area (Å²) in [6.07, 6.45) is 1.25. The predicted molar refractivity (Wildman–Crippen MR) is 114 cm³/mol. The number of likely N-dealkylation sites (tertiary alicyclic amines) is 1. The summed E-state index contributed by atoms with van der Waals surface area (Å²) in [6.45, 7) is 7.95. The number of nitrogens with zero attached hydrogens (tertiary/aromatic N) is 1. The van der Waals surface area contributed by atoms with Gasteiger partial charge in [-0.1, -0.05) is 20.8 Å². The van der Waals surface area contributed by atoms with Gasteiger partial charge in [0, 0.05) is 23.8 Å². The van der Waals surface area contributed by atoms with Crippen molar-refractivity contribution in [1.82, 2.24) is 0 Å². The van der Waals surface area contributed by atoms with Crippen molar-refractivity contribution >= 4 is 17.8 Å². The van der Waals surface area contributed by atoms with E-state index in [2.05, 4.69) is 0 Å². The van der Waals surface area contributed by atoms with Gasteiger partial charge >= 0.3 is 12.1 Å². The van der Waals surface area contributed by atoms with Crippen LogP contribution in [0.15, 0.2) is 12.1 Å². The van der Waals surface area contributed by atoms with Crippen LogP contribution in [0.25, 0.3) is 0 Å². The second-order valence-electron chi connectivity index (χ2n) is 8.41. The smallest absolute Gasteiger partial charge is 0.493 e. The van der Waals surface area contributed by atoms with Crippen molar-refractivity contribution in [2.75, 3.05) is 34.4 Å². The summed E-state index contributed by atoms with van der Waals surface area (Å²) in [5, 5.41) is 0. The van der Waals surface area contributed by atoms with Crippen LogP contribution in [-0.2, 0) is 14.3 Å². The van der Waals surface area contributed by atoms with Crippen molar-refractivity contribution in [2.45, 2.75) is 53.0 Å². The molecule has 1 fully saturated rings. The van der Waals surface area contributed by atoms with Crippen molar-refractivity contribution in [3.05, 3.63) is 17.7 Å². The van der Waals surface area contributed by atoms with Crippen molar-refractivity contribution in [3.8, 4) is 17.2 Å². The number of carbonyl (C=O) groups is 3. The van der Waals surface area contributed by atoms with Gasteiger partial charge < -0.3 is 18.9 Å². The molecule has 0 bridgehead atoms. The van der Waals surface area contributed by atoms with Crippen LogP contribution in [0.3, 0.4) is 0 Å². The van der Waals surface area contributed by atoms with Crippen LogP contribution in [0, 0.1) is 5.41 Å². The fourth-order valence-electron chi connectivity index (χ4n) is 4.10. The lowest BCUT2D eigenvalue weighted by atomic mass is 9.85. The van der Waals surface area contributed by atoms with Crippen LogP contribution < -0.4 is 14.2 Å². The molecule has 2 rings (SSSR count). The van der Waals surface area contributed by atoms with Crippen molar-refractivity contribution in [1.29, 1.82) is 0 Å². The Morgan fingerprint density at radius 2 is 1.61 bits per heavy atom. The Balaban J connectivity index is 2.41. The molecule has 0 aromatic heterocycles. The highest BCUT2D eigenvalue weighted by Crippen LogP contribution is 2.46. The van der Waals surface area contributed by atoms with E-state index < -0.39 is 23.3 Å². The van der Waals surface area contributed by atoms with Crippen LogP contribution >= 0.6 is 0 Å². The molecule has 8 heteroatoms. The minimum absolute atomic E-state index is 0.0792. The monoisotopic (exact) mass is 436 g/mol. The minimum atomic E-state index is -1.10. The van der Waals surface area contributed by atoms with E-state index in [9.17, 15) is 14.4 Å². The van der Waals surface area contributed by atoms with Crippen LogP contribution in [0.1, 0.15) is 58.6 Å². The SMILES string of the molecule is CCC(C)(C)C(=O)C(=O)OC(=O)[N+]1(CC)CCC[C@H]1c1cc(OC)c(OC)c(OC)c1. The molecule has 0 aliphatic carbocycles. The van der Waals surface area contributed by atoms with E-state index in [0.29, 0.717) is 43.2 Å². The number of hydrogen-bond donors (Lipinski definition) is 0. The third-order valence-corrected chi connectivity index (χ3v) is 6.50. The zero-order chi connectivity index (χ0) is 23.4. The maximum Gasteiger partial charge on any atom is 0.524 e. The van der Waals surface area contributed by atoms with Gasteiger partial charge in [0.2, 0.25) is 11.5 Å².